The van der Waals surface area contributed by atoms with E-state index >= 15 is 0 Å². The van der Waals surface area contributed by atoms with E-state index in [0.717, 1.165) is 54.6 Å². The second-order valence-electron chi connectivity index (χ2n) is 7.60. The molecule has 0 atom stereocenters. The number of nitrogens with zero attached hydrogens (tertiary/aromatic N) is 1. The van der Waals surface area contributed by atoms with Crippen LogP contribution in [-0.4, -0.2) is 46.4 Å². The van der Waals surface area contributed by atoms with Crippen molar-refractivity contribution in [3.05, 3.63) is 89.5 Å². The van der Waals surface area contributed by atoms with Gasteiger partial charge in [0.25, 0.3) is 5.91 Å². The van der Waals surface area contributed by atoms with Crippen LogP contribution in [0.5, 0.6) is 11.5 Å². The highest BCUT2D eigenvalue weighted by Gasteiger charge is 2.19. The molecule has 1 fully saturated rings. The molecule has 1 N–H and O–H groups in total. The van der Waals surface area contributed by atoms with Crippen LogP contribution in [-0.2, 0) is 4.74 Å². The smallest absolute Gasteiger partial charge is 0.252 e. The number of benzene rings is 3. The molecule has 1 amide bonds. The van der Waals surface area contributed by atoms with Crippen LogP contribution in [0.15, 0.2) is 72.8 Å². The Kier molecular flexibility index (Phi) is 6.92. The van der Waals surface area contributed by atoms with Gasteiger partial charge in [-0.3, -0.25) is 4.79 Å². The number of hydrogen-bond donors (Lipinski definition) is 1. The molecule has 166 valence electrons. The molecule has 0 aromatic heterocycles. The van der Waals surface area contributed by atoms with Gasteiger partial charge in [0, 0.05) is 24.3 Å². The van der Waals surface area contributed by atoms with E-state index in [0.29, 0.717) is 5.56 Å². The van der Waals surface area contributed by atoms with Crippen LogP contribution in [0.4, 0.5) is 5.69 Å². The van der Waals surface area contributed by atoms with Gasteiger partial charge >= 0.3 is 0 Å². The van der Waals surface area contributed by atoms with Crippen molar-refractivity contribution in [1.82, 2.24) is 5.32 Å². The maximum Gasteiger partial charge on any atom is 0.252 e. The predicted octanol–water partition coefficient (Wildman–Crippen LogP) is 4.06. The Morgan fingerprint density at radius 3 is 1.78 bits per heavy atom. The van der Waals surface area contributed by atoms with Crippen LogP contribution in [0.3, 0.4) is 0 Å². The fourth-order valence-corrected chi connectivity index (χ4v) is 3.81. The maximum atomic E-state index is 13.1. The van der Waals surface area contributed by atoms with Crippen LogP contribution in [0.1, 0.15) is 27.5 Å². The quantitative estimate of drug-likeness (QED) is 0.610. The molecule has 1 heterocycles. The Labute approximate surface area is 188 Å². The Balaban J connectivity index is 1.55. The zero-order valence-electron chi connectivity index (χ0n) is 18.4. The van der Waals surface area contributed by atoms with E-state index < -0.39 is 0 Å². The number of morpholine rings is 1. The number of ether oxygens (including phenoxy) is 3. The number of anilines is 1. The normalized spacial score (nSPS) is 13.7. The van der Waals surface area contributed by atoms with Crippen molar-refractivity contribution in [2.45, 2.75) is 6.04 Å². The summed E-state index contributed by atoms with van der Waals surface area (Å²) in [6.45, 7) is 3.19. The van der Waals surface area contributed by atoms with E-state index in [-0.39, 0.29) is 11.9 Å². The number of hydrogen-bond acceptors (Lipinski definition) is 5. The van der Waals surface area contributed by atoms with E-state index in [9.17, 15) is 4.79 Å². The van der Waals surface area contributed by atoms with Crippen molar-refractivity contribution in [2.75, 3.05) is 45.4 Å². The molecule has 4 rings (SSSR count). The lowest BCUT2D eigenvalue weighted by Crippen LogP contribution is -2.36. The highest BCUT2D eigenvalue weighted by molar-refractivity contribution is 5.95. The number of amides is 1. The third-order valence-corrected chi connectivity index (χ3v) is 5.68. The van der Waals surface area contributed by atoms with E-state index in [2.05, 4.69) is 10.2 Å². The van der Waals surface area contributed by atoms with Crippen LogP contribution >= 0.6 is 0 Å². The van der Waals surface area contributed by atoms with Crippen LogP contribution < -0.4 is 19.7 Å². The second-order valence-corrected chi connectivity index (χ2v) is 7.60. The Bertz CT molecular complexity index is 964. The van der Waals surface area contributed by atoms with E-state index in [1.54, 1.807) is 14.2 Å². The fourth-order valence-electron chi connectivity index (χ4n) is 3.81. The minimum atomic E-state index is -0.307. The first-order valence-corrected chi connectivity index (χ1v) is 10.7. The molecule has 1 aliphatic rings. The lowest BCUT2D eigenvalue weighted by molar-refractivity contribution is 0.0943. The molecule has 0 unspecified atom stereocenters. The van der Waals surface area contributed by atoms with Gasteiger partial charge in [-0.2, -0.15) is 0 Å². The maximum absolute atomic E-state index is 13.1. The first-order chi connectivity index (χ1) is 15.7. The largest absolute Gasteiger partial charge is 0.497 e. The summed E-state index contributed by atoms with van der Waals surface area (Å²) in [7, 11) is 3.27. The Hall–Kier alpha value is -3.51. The molecule has 1 aliphatic heterocycles. The van der Waals surface area contributed by atoms with Crippen LogP contribution in [0, 0.1) is 0 Å². The number of carbonyl (C=O) groups is 1. The first kappa shape index (κ1) is 21.7. The monoisotopic (exact) mass is 432 g/mol. The zero-order chi connectivity index (χ0) is 22.3. The van der Waals surface area contributed by atoms with Gasteiger partial charge in [0.05, 0.1) is 33.5 Å². The van der Waals surface area contributed by atoms with Crippen molar-refractivity contribution in [1.29, 1.82) is 0 Å². The summed E-state index contributed by atoms with van der Waals surface area (Å²) in [6.07, 6.45) is 0. The van der Waals surface area contributed by atoms with Crippen molar-refractivity contribution in [2.24, 2.45) is 0 Å². The van der Waals surface area contributed by atoms with Gasteiger partial charge in [-0.15, -0.1) is 0 Å². The molecular formula is C26H28N2O4. The molecule has 3 aromatic rings. The third kappa shape index (κ3) is 5.03. The average molecular weight is 433 g/mol. The van der Waals surface area contributed by atoms with E-state index in [1.165, 1.54) is 0 Å². The molecule has 3 aromatic carbocycles. The van der Waals surface area contributed by atoms with Crippen LogP contribution in [0.25, 0.3) is 0 Å². The van der Waals surface area contributed by atoms with Crippen molar-refractivity contribution < 1.29 is 19.0 Å². The van der Waals surface area contributed by atoms with Gasteiger partial charge in [0.2, 0.25) is 0 Å². The highest BCUT2D eigenvalue weighted by Crippen LogP contribution is 2.27. The van der Waals surface area contributed by atoms with Crippen molar-refractivity contribution >= 4 is 11.6 Å². The molecule has 0 bridgehead atoms. The lowest BCUT2D eigenvalue weighted by atomic mass is 9.98. The number of nitrogens with one attached hydrogen (secondary N) is 1. The van der Waals surface area contributed by atoms with Crippen molar-refractivity contribution in [3.8, 4) is 11.5 Å². The molecule has 32 heavy (non-hydrogen) atoms. The number of carbonyl (C=O) groups excluding carboxylic acids is 1. The summed E-state index contributed by atoms with van der Waals surface area (Å²) in [6, 6.07) is 22.9. The first-order valence-electron chi connectivity index (χ1n) is 10.7. The van der Waals surface area contributed by atoms with Gasteiger partial charge in [-0.05, 0) is 59.7 Å². The van der Waals surface area contributed by atoms with Gasteiger partial charge in [0.1, 0.15) is 11.5 Å². The summed E-state index contributed by atoms with van der Waals surface area (Å²) in [5.74, 6) is 1.41. The Morgan fingerprint density at radius 2 is 1.31 bits per heavy atom. The van der Waals surface area contributed by atoms with E-state index in [4.69, 9.17) is 14.2 Å². The minimum absolute atomic E-state index is 0.129. The summed E-state index contributed by atoms with van der Waals surface area (Å²) in [5, 5.41) is 3.19. The number of methoxy groups -OCH3 is 2. The lowest BCUT2D eigenvalue weighted by Gasteiger charge is -2.29. The second kappa shape index (κ2) is 10.2. The van der Waals surface area contributed by atoms with Gasteiger partial charge in [-0.25, -0.2) is 0 Å². The zero-order valence-corrected chi connectivity index (χ0v) is 18.4. The van der Waals surface area contributed by atoms with Gasteiger partial charge < -0.3 is 24.4 Å². The molecule has 0 radical (unpaired) electrons. The van der Waals surface area contributed by atoms with E-state index in [1.807, 2.05) is 72.8 Å². The average Bonchev–Trinajstić information content (AvgIpc) is 2.88. The molecule has 1 saturated heterocycles. The topological polar surface area (TPSA) is 60.0 Å². The Morgan fingerprint density at radius 1 is 0.812 bits per heavy atom. The summed E-state index contributed by atoms with van der Waals surface area (Å²) >= 11 is 0. The highest BCUT2D eigenvalue weighted by atomic mass is 16.5. The third-order valence-electron chi connectivity index (χ3n) is 5.68. The summed E-state index contributed by atoms with van der Waals surface area (Å²) in [4.78, 5) is 15.4. The standard InChI is InChI=1S/C26H28N2O4/c1-30-23-11-5-19(6-12-23)25(20-7-13-24(31-2)14-8-20)27-26(29)21-3-9-22(10-4-21)28-15-17-32-18-16-28/h3-14,25H,15-18H2,1-2H3,(H,27,29). The summed E-state index contributed by atoms with van der Waals surface area (Å²) < 4.78 is 16.0. The molecule has 0 saturated carbocycles. The molecule has 6 heteroatoms. The molecule has 0 spiro atoms. The molecule has 0 aliphatic carbocycles. The van der Waals surface area contributed by atoms with Crippen molar-refractivity contribution in [3.63, 3.8) is 0 Å². The van der Waals surface area contributed by atoms with Gasteiger partial charge in [-0.1, -0.05) is 24.3 Å². The molecular weight excluding hydrogens is 404 g/mol. The molecule has 6 nitrogen and oxygen atoms in total. The predicted molar refractivity (Wildman–Crippen MR) is 125 cm³/mol. The SMILES string of the molecule is COc1ccc(C(NC(=O)c2ccc(N3CCOCC3)cc2)c2ccc(OC)cc2)cc1. The van der Waals surface area contributed by atoms with Gasteiger partial charge in [0.15, 0.2) is 0 Å². The minimum Gasteiger partial charge on any atom is -0.497 e. The fraction of sp³-hybridized carbons (Fsp3) is 0.269. The summed E-state index contributed by atoms with van der Waals surface area (Å²) in [5.41, 5.74) is 3.66. The van der Waals surface area contributed by atoms with Crippen LogP contribution in [0.2, 0.25) is 0 Å². The number of rotatable bonds is 7.